The Bertz CT molecular complexity index is 424. The number of nitriles is 1. The summed E-state index contributed by atoms with van der Waals surface area (Å²) in [5, 5.41) is 8.56. The summed E-state index contributed by atoms with van der Waals surface area (Å²) in [5.41, 5.74) is 1.45. The molecule has 0 fully saturated rings. The van der Waals surface area contributed by atoms with Gasteiger partial charge in [0.1, 0.15) is 0 Å². The molecule has 0 aliphatic heterocycles. The van der Waals surface area contributed by atoms with Gasteiger partial charge in [0, 0.05) is 9.99 Å². The molecule has 1 rings (SSSR count). The number of ether oxygens (including phenoxy) is 1. The van der Waals surface area contributed by atoms with Gasteiger partial charge in [-0.2, -0.15) is 5.26 Å². The van der Waals surface area contributed by atoms with Crippen molar-refractivity contribution in [3.8, 4) is 6.07 Å². The molecule has 0 amide bonds. The van der Waals surface area contributed by atoms with Crippen molar-refractivity contribution >= 4 is 28.6 Å². The number of halogens is 1. The van der Waals surface area contributed by atoms with Gasteiger partial charge in [0.15, 0.2) is 0 Å². The molecule has 16 heavy (non-hydrogen) atoms. The van der Waals surface area contributed by atoms with Crippen molar-refractivity contribution in [3.05, 3.63) is 32.9 Å². The summed E-state index contributed by atoms with van der Waals surface area (Å²) in [6.45, 7) is 2.14. The number of benzene rings is 1. The number of rotatable bonds is 4. The summed E-state index contributed by atoms with van der Waals surface area (Å²) in [6.07, 6.45) is 0.994. The third-order valence-electron chi connectivity index (χ3n) is 2.07. The van der Waals surface area contributed by atoms with E-state index in [1.165, 1.54) is 0 Å². The average molecular weight is 329 g/mol. The van der Waals surface area contributed by atoms with E-state index in [4.69, 9.17) is 10.00 Å². The number of esters is 1. The molecule has 0 aromatic heterocycles. The second kappa shape index (κ2) is 6.48. The zero-order valence-electron chi connectivity index (χ0n) is 9.00. The van der Waals surface area contributed by atoms with Crippen LogP contribution in [0.2, 0.25) is 0 Å². The minimum atomic E-state index is -0.313. The summed E-state index contributed by atoms with van der Waals surface area (Å²) in [4.78, 5) is 11.6. The van der Waals surface area contributed by atoms with Gasteiger partial charge in [0.2, 0.25) is 0 Å². The van der Waals surface area contributed by atoms with Crippen LogP contribution < -0.4 is 0 Å². The Labute approximate surface area is 109 Å². The lowest BCUT2D eigenvalue weighted by Gasteiger charge is -2.07. The number of carbonyl (C=O) groups is 1. The second-order valence-electron chi connectivity index (χ2n) is 3.18. The van der Waals surface area contributed by atoms with Gasteiger partial charge >= 0.3 is 5.97 Å². The van der Waals surface area contributed by atoms with Crippen molar-refractivity contribution in [2.24, 2.45) is 0 Å². The number of hydrogen-bond donors (Lipinski definition) is 0. The monoisotopic (exact) mass is 329 g/mol. The lowest BCUT2D eigenvalue weighted by atomic mass is 10.0. The maximum Gasteiger partial charge on any atom is 0.338 e. The molecule has 0 aliphatic rings. The van der Waals surface area contributed by atoms with Gasteiger partial charge in [0.05, 0.1) is 18.2 Å². The summed E-state index contributed by atoms with van der Waals surface area (Å²) < 4.78 is 6.02. The Balaban J connectivity index is 2.98. The molecule has 0 aliphatic carbocycles. The van der Waals surface area contributed by atoms with Crippen molar-refractivity contribution in [2.45, 2.75) is 19.8 Å². The first-order valence-corrected chi connectivity index (χ1v) is 6.09. The first-order chi connectivity index (χ1) is 7.69. The van der Waals surface area contributed by atoms with Gasteiger partial charge in [-0.15, -0.1) is 0 Å². The molecule has 0 heterocycles. The van der Waals surface area contributed by atoms with E-state index in [0.29, 0.717) is 25.0 Å². The van der Waals surface area contributed by atoms with Crippen molar-refractivity contribution < 1.29 is 9.53 Å². The fourth-order valence-corrected chi connectivity index (χ4v) is 1.92. The molecule has 4 heteroatoms. The van der Waals surface area contributed by atoms with E-state index < -0.39 is 0 Å². The van der Waals surface area contributed by atoms with Crippen LogP contribution in [0.1, 0.15) is 29.3 Å². The highest BCUT2D eigenvalue weighted by atomic mass is 127. The molecule has 1 aromatic rings. The molecule has 0 N–H and O–H groups in total. The Morgan fingerprint density at radius 1 is 1.56 bits per heavy atom. The van der Waals surface area contributed by atoms with Crippen LogP contribution in [0.15, 0.2) is 18.2 Å². The van der Waals surface area contributed by atoms with Crippen LogP contribution in [-0.2, 0) is 11.2 Å². The Morgan fingerprint density at radius 3 is 2.94 bits per heavy atom. The molecule has 3 nitrogen and oxygen atoms in total. The second-order valence-corrected chi connectivity index (χ2v) is 4.43. The number of hydrogen-bond acceptors (Lipinski definition) is 3. The quantitative estimate of drug-likeness (QED) is 0.630. The van der Waals surface area contributed by atoms with E-state index in [1.807, 2.05) is 12.1 Å². The fourth-order valence-electron chi connectivity index (χ4n) is 1.37. The Hall–Kier alpha value is -1.09. The van der Waals surface area contributed by atoms with Gasteiger partial charge in [-0.3, -0.25) is 0 Å². The van der Waals surface area contributed by atoms with E-state index in [9.17, 15) is 4.79 Å². The Kier molecular flexibility index (Phi) is 5.26. The summed E-state index contributed by atoms with van der Waals surface area (Å²) >= 11 is 2.18. The third-order valence-corrected chi connectivity index (χ3v) is 2.74. The topological polar surface area (TPSA) is 50.1 Å². The predicted octanol–water partition coefficient (Wildman–Crippen LogP) is 2.92. The first-order valence-electron chi connectivity index (χ1n) is 5.01. The minimum absolute atomic E-state index is 0.313. The third kappa shape index (κ3) is 3.49. The van der Waals surface area contributed by atoms with Crippen molar-refractivity contribution in [3.63, 3.8) is 0 Å². The van der Waals surface area contributed by atoms with Crippen molar-refractivity contribution in [1.29, 1.82) is 5.26 Å². The summed E-state index contributed by atoms with van der Waals surface area (Å²) in [5.74, 6) is -0.313. The largest absolute Gasteiger partial charge is 0.462 e. The highest BCUT2D eigenvalue weighted by Gasteiger charge is 2.12. The zero-order valence-corrected chi connectivity index (χ0v) is 11.2. The van der Waals surface area contributed by atoms with Crippen LogP contribution in [0.3, 0.4) is 0 Å². The normalized spacial score (nSPS) is 9.56. The SMILES string of the molecule is CCOC(=O)c1ccc(I)cc1CCC#N. The summed E-state index contributed by atoms with van der Waals surface area (Å²) in [6, 6.07) is 7.62. The Morgan fingerprint density at radius 2 is 2.31 bits per heavy atom. The van der Waals surface area contributed by atoms with Gasteiger partial charge in [-0.1, -0.05) is 0 Å². The van der Waals surface area contributed by atoms with Gasteiger partial charge in [0.25, 0.3) is 0 Å². The molecular formula is C12H12INO2. The molecule has 0 bridgehead atoms. The fraction of sp³-hybridized carbons (Fsp3) is 0.333. The molecule has 84 valence electrons. The van der Waals surface area contributed by atoms with E-state index >= 15 is 0 Å². The van der Waals surface area contributed by atoms with Crippen LogP contribution in [0, 0.1) is 14.9 Å². The molecule has 0 saturated heterocycles. The first kappa shape index (κ1) is 13.0. The highest BCUT2D eigenvalue weighted by molar-refractivity contribution is 14.1. The van der Waals surface area contributed by atoms with Crippen molar-refractivity contribution in [2.75, 3.05) is 6.61 Å². The number of carbonyl (C=O) groups excluding carboxylic acids is 1. The average Bonchev–Trinajstić information content (AvgIpc) is 2.26. The smallest absolute Gasteiger partial charge is 0.338 e. The van der Waals surface area contributed by atoms with Gasteiger partial charge in [-0.05, 0) is 59.7 Å². The lowest BCUT2D eigenvalue weighted by Crippen LogP contribution is -2.08. The molecule has 0 atom stereocenters. The summed E-state index contributed by atoms with van der Waals surface area (Å²) in [7, 11) is 0. The zero-order chi connectivity index (χ0) is 12.0. The van der Waals surface area contributed by atoms with Crippen LogP contribution >= 0.6 is 22.6 Å². The van der Waals surface area contributed by atoms with Crippen LogP contribution in [-0.4, -0.2) is 12.6 Å². The maximum absolute atomic E-state index is 11.6. The van der Waals surface area contributed by atoms with Crippen LogP contribution in [0.25, 0.3) is 0 Å². The standard InChI is InChI=1S/C12H12INO2/c1-2-16-12(15)11-6-5-10(13)8-9(11)4-3-7-14/h5-6,8H,2-4H2,1H3. The molecule has 1 aromatic carbocycles. The molecule has 0 spiro atoms. The van der Waals surface area contributed by atoms with E-state index in [1.54, 1.807) is 13.0 Å². The maximum atomic E-state index is 11.6. The predicted molar refractivity (Wildman–Crippen MR) is 69.0 cm³/mol. The van der Waals surface area contributed by atoms with Gasteiger partial charge in [-0.25, -0.2) is 4.79 Å². The minimum Gasteiger partial charge on any atom is -0.462 e. The highest BCUT2D eigenvalue weighted by Crippen LogP contribution is 2.16. The lowest BCUT2D eigenvalue weighted by molar-refractivity contribution is 0.0525. The molecule has 0 radical (unpaired) electrons. The number of aryl methyl sites for hydroxylation is 1. The van der Waals surface area contributed by atoms with Gasteiger partial charge < -0.3 is 4.74 Å². The van der Waals surface area contributed by atoms with Crippen LogP contribution in [0.4, 0.5) is 0 Å². The number of nitrogens with zero attached hydrogens (tertiary/aromatic N) is 1. The van der Waals surface area contributed by atoms with E-state index in [0.717, 1.165) is 9.13 Å². The van der Waals surface area contributed by atoms with E-state index in [2.05, 4.69) is 28.7 Å². The van der Waals surface area contributed by atoms with Crippen molar-refractivity contribution in [1.82, 2.24) is 0 Å². The van der Waals surface area contributed by atoms with Crippen LogP contribution in [0.5, 0.6) is 0 Å². The van der Waals surface area contributed by atoms with E-state index in [-0.39, 0.29) is 5.97 Å². The molecule has 0 saturated carbocycles. The molecular weight excluding hydrogens is 317 g/mol. The molecule has 0 unspecified atom stereocenters.